The molecule has 1 fully saturated rings. The Morgan fingerprint density at radius 2 is 1.78 bits per heavy atom. The van der Waals surface area contributed by atoms with E-state index in [-0.39, 0.29) is 16.7 Å². The van der Waals surface area contributed by atoms with E-state index in [4.69, 9.17) is 16.3 Å². The van der Waals surface area contributed by atoms with Gasteiger partial charge in [0.2, 0.25) is 0 Å². The van der Waals surface area contributed by atoms with Crippen molar-refractivity contribution in [2.75, 3.05) is 13.7 Å². The molecule has 2 aromatic carbocycles. The predicted molar refractivity (Wildman–Crippen MR) is 127 cm³/mol. The second-order valence-electron chi connectivity index (χ2n) is 9.06. The van der Waals surface area contributed by atoms with Gasteiger partial charge in [-0.15, -0.1) is 0 Å². The van der Waals surface area contributed by atoms with Crippen LogP contribution in [0.3, 0.4) is 0 Å². The van der Waals surface area contributed by atoms with Gasteiger partial charge in [-0.25, -0.2) is 0 Å². The Hall–Kier alpha value is -2.79. The number of nitrogens with zero attached hydrogens (tertiary/aromatic N) is 1. The van der Waals surface area contributed by atoms with Gasteiger partial charge in [0.15, 0.2) is 0 Å². The molecule has 1 heterocycles. The van der Waals surface area contributed by atoms with Gasteiger partial charge >= 0.3 is 0 Å². The number of aliphatic hydroxyl groups excluding tert-OH is 1. The lowest BCUT2D eigenvalue weighted by atomic mass is 9.85. The van der Waals surface area contributed by atoms with Crippen LogP contribution in [0.25, 0.3) is 5.76 Å². The number of Topliss-reactive ketones (excluding diaryl/α,β-unsaturated/α-hetero) is 1. The molecule has 0 saturated carbocycles. The van der Waals surface area contributed by atoms with Crippen molar-refractivity contribution in [3.05, 3.63) is 69.8 Å². The van der Waals surface area contributed by atoms with Crippen LogP contribution in [-0.2, 0) is 15.0 Å². The van der Waals surface area contributed by atoms with E-state index in [0.29, 0.717) is 22.9 Å². The molecule has 0 spiro atoms. The first-order chi connectivity index (χ1) is 15.1. The van der Waals surface area contributed by atoms with E-state index in [9.17, 15) is 14.7 Å². The van der Waals surface area contributed by atoms with Crippen LogP contribution in [0.5, 0.6) is 5.75 Å². The normalized spacial score (nSPS) is 18.3. The maximum absolute atomic E-state index is 13.1. The number of rotatable bonds is 6. The second-order valence-corrected chi connectivity index (χ2v) is 9.50. The van der Waals surface area contributed by atoms with E-state index >= 15 is 0 Å². The molecule has 32 heavy (non-hydrogen) atoms. The number of carbonyl (C=O) groups excluding carboxylic acids is 2. The third-order valence-electron chi connectivity index (χ3n) is 5.80. The van der Waals surface area contributed by atoms with Gasteiger partial charge in [0.25, 0.3) is 11.7 Å². The monoisotopic (exact) mass is 455 g/mol. The molecule has 0 aromatic heterocycles. The van der Waals surface area contributed by atoms with Crippen LogP contribution in [0.2, 0.25) is 5.02 Å². The van der Waals surface area contributed by atoms with Crippen molar-refractivity contribution >= 4 is 29.1 Å². The molecule has 5 nitrogen and oxygen atoms in total. The number of ketones is 1. The maximum Gasteiger partial charge on any atom is 0.295 e. The summed E-state index contributed by atoms with van der Waals surface area (Å²) in [5.41, 5.74) is 1.98. The van der Waals surface area contributed by atoms with E-state index in [0.717, 1.165) is 24.0 Å². The van der Waals surface area contributed by atoms with Gasteiger partial charge < -0.3 is 14.7 Å². The van der Waals surface area contributed by atoms with Crippen molar-refractivity contribution in [3.8, 4) is 5.75 Å². The van der Waals surface area contributed by atoms with Crippen LogP contribution in [0.1, 0.15) is 63.3 Å². The van der Waals surface area contributed by atoms with Gasteiger partial charge in [0, 0.05) is 11.6 Å². The molecule has 1 atom stereocenters. The summed E-state index contributed by atoms with van der Waals surface area (Å²) in [6, 6.07) is 11.9. The molecule has 1 amide bonds. The zero-order valence-corrected chi connectivity index (χ0v) is 20.0. The van der Waals surface area contributed by atoms with E-state index in [1.165, 1.54) is 7.11 Å². The van der Waals surface area contributed by atoms with Crippen LogP contribution >= 0.6 is 11.6 Å². The molecule has 3 rings (SSSR count). The molecular weight excluding hydrogens is 426 g/mol. The van der Waals surface area contributed by atoms with Crippen molar-refractivity contribution in [2.45, 2.75) is 52.0 Å². The molecule has 1 saturated heterocycles. The van der Waals surface area contributed by atoms with Crippen LogP contribution in [0.4, 0.5) is 0 Å². The lowest BCUT2D eigenvalue weighted by molar-refractivity contribution is -0.139. The summed E-state index contributed by atoms with van der Waals surface area (Å²) in [5, 5.41) is 12.0. The smallest absolute Gasteiger partial charge is 0.295 e. The zero-order valence-electron chi connectivity index (χ0n) is 19.2. The molecular formula is C26H30ClNO4. The Bertz CT molecular complexity index is 1050. The number of hydrogen-bond acceptors (Lipinski definition) is 4. The molecule has 1 aliphatic rings. The lowest BCUT2D eigenvalue weighted by Gasteiger charge is -2.26. The van der Waals surface area contributed by atoms with Crippen LogP contribution in [-0.4, -0.2) is 35.4 Å². The number of hydrogen-bond donors (Lipinski definition) is 1. The summed E-state index contributed by atoms with van der Waals surface area (Å²) < 4.78 is 5.48. The number of likely N-dealkylation sites (tertiary alicyclic amines) is 1. The molecule has 2 aromatic rings. The summed E-state index contributed by atoms with van der Waals surface area (Å²) in [7, 11) is 1.51. The molecule has 0 aliphatic carbocycles. The molecule has 170 valence electrons. The largest absolute Gasteiger partial charge is 0.507 e. The topological polar surface area (TPSA) is 66.8 Å². The maximum atomic E-state index is 13.1. The summed E-state index contributed by atoms with van der Waals surface area (Å²) in [6.45, 7) is 8.64. The van der Waals surface area contributed by atoms with Crippen molar-refractivity contribution in [1.82, 2.24) is 4.90 Å². The first-order valence-electron chi connectivity index (χ1n) is 10.8. The minimum atomic E-state index is -0.693. The highest BCUT2D eigenvalue weighted by molar-refractivity contribution is 6.46. The number of methoxy groups -OCH3 is 1. The molecule has 1 aliphatic heterocycles. The molecule has 1 N–H and O–H groups in total. The lowest BCUT2D eigenvalue weighted by Crippen LogP contribution is -2.30. The Labute approximate surface area is 194 Å². The molecule has 0 bridgehead atoms. The van der Waals surface area contributed by atoms with Crippen molar-refractivity contribution in [1.29, 1.82) is 0 Å². The zero-order chi connectivity index (χ0) is 23.6. The third kappa shape index (κ3) is 4.53. The highest BCUT2D eigenvalue weighted by Gasteiger charge is 2.46. The van der Waals surface area contributed by atoms with Crippen LogP contribution in [0, 0.1) is 0 Å². The highest BCUT2D eigenvalue weighted by atomic mass is 35.5. The number of benzene rings is 2. The Balaban J connectivity index is 2.25. The van der Waals surface area contributed by atoms with Gasteiger partial charge in [-0.05, 0) is 47.2 Å². The van der Waals surface area contributed by atoms with E-state index in [1.807, 2.05) is 19.1 Å². The second kappa shape index (κ2) is 9.37. The minimum absolute atomic E-state index is 0.0674. The fourth-order valence-electron chi connectivity index (χ4n) is 3.94. The molecule has 6 heteroatoms. The third-order valence-corrected chi connectivity index (χ3v) is 6.05. The van der Waals surface area contributed by atoms with Gasteiger partial charge in [0.05, 0.1) is 24.3 Å². The van der Waals surface area contributed by atoms with Gasteiger partial charge in [-0.1, -0.05) is 63.9 Å². The van der Waals surface area contributed by atoms with Gasteiger partial charge in [-0.2, -0.15) is 0 Å². The average Bonchev–Trinajstić information content (AvgIpc) is 3.01. The average molecular weight is 456 g/mol. The first kappa shape index (κ1) is 23.9. The number of amides is 1. The summed E-state index contributed by atoms with van der Waals surface area (Å²) in [5.74, 6) is -1.09. The number of aliphatic hydroxyl groups is 1. The number of unbranched alkanes of at least 4 members (excludes halogenated alkanes) is 1. The van der Waals surface area contributed by atoms with Crippen LogP contribution < -0.4 is 4.74 Å². The Morgan fingerprint density at radius 3 is 2.34 bits per heavy atom. The number of halogens is 1. The Morgan fingerprint density at radius 1 is 1.12 bits per heavy atom. The van der Waals surface area contributed by atoms with Crippen molar-refractivity contribution in [2.24, 2.45) is 0 Å². The van der Waals surface area contributed by atoms with Gasteiger partial charge in [0.1, 0.15) is 11.5 Å². The predicted octanol–water partition coefficient (Wildman–Crippen LogP) is 5.87. The summed E-state index contributed by atoms with van der Waals surface area (Å²) >= 11 is 6.06. The standard InChI is InChI=1S/C26H30ClNO4/c1-6-7-14-28-22(16-8-11-18(27)12-9-16)21(24(30)25(28)31)23(29)19-15-17(26(2,3)4)10-13-20(19)32-5/h8-13,15,22,29H,6-7,14H2,1-5H3/b23-21+. The Kier molecular flexibility index (Phi) is 6.99. The van der Waals surface area contributed by atoms with E-state index in [1.54, 1.807) is 35.2 Å². The van der Waals surface area contributed by atoms with Crippen LogP contribution in [0.15, 0.2) is 48.0 Å². The summed E-state index contributed by atoms with van der Waals surface area (Å²) in [6.07, 6.45) is 1.62. The SMILES string of the molecule is CCCCN1C(=O)C(=O)/C(=C(/O)c2cc(C(C)(C)C)ccc2OC)C1c1ccc(Cl)cc1. The number of ether oxygens (including phenoxy) is 1. The van der Waals surface area contributed by atoms with Crippen molar-refractivity contribution in [3.63, 3.8) is 0 Å². The molecule has 1 unspecified atom stereocenters. The highest BCUT2D eigenvalue weighted by Crippen LogP contribution is 2.42. The fraction of sp³-hybridized carbons (Fsp3) is 0.385. The minimum Gasteiger partial charge on any atom is -0.507 e. The van der Waals surface area contributed by atoms with E-state index < -0.39 is 17.7 Å². The first-order valence-corrected chi connectivity index (χ1v) is 11.2. The quantitative estimate of drug-likeness (QED) is 0.336. The number of carbonyl (C=O) groups is 2. The van der Waals surface area contributed by atoms with Gasteiger partial charge in [-0.3, -0.25) is 9.59 Å². The fourth-order valence-corrected chi connectivity index (χ4v) is 4.06. The molecule has 0 radical (unpaired) electrons. The summed E-state index contributed by atoms with van der Waals surface area (Å²) in [4.78, 5) is 27.7. The van der Waals surface area contributed by atoms with Crippen molar-refractivity contribution < 1.29 is 19.4 Å². The van der Waals surface area contributed by atoms with E-state index in [2.05, 4.69) is 20.8 Å².